The smallest absolute Gasteiger partial charge is 0.417 e. The molecule has 0 radical (unpaired) electrons. The van der Waals surface area contributed by atoms with Gasteiger partial charge in [-0.25, -0.2) is 14.8 Å². The average Bonchev–Trinajstić information content (AvgIpc) is 3.34. The maximum absolute atomic E-state index is 12.6. The Hall–Kier alpha value is -4.13. The number of hydrogen-bond donors (Lipinski definition) is 1. The quantitative estimate of drug-likeness (QED) is 0.268. The number of halogens is 3. The monoisotopic (exact) mass is 519 g/mol. The average molecular weight is 519 g/mol. The molecule has 9 nitrogen and oxygen atoms in total. The number of thioether (sulfide) groups is 1. The molecule has 4 rings (SSSR count). The molecule has 0 aliphatic carbocycles. The van der Waals surface area contributed by atoms with Crippen LogP contribution in [0.15, 0.2) is 59.9 Å². The zero-order valence-corrected chi connectivity index (χ0v) is 19.0. The van der Waals surface area contributed by atoms with Gasteiger partial charge in [0, 0.05) is 18.0 Å². The third kappa shape index (κ3) is 6.10. The van der Waals surface area contributed by atoms with Crippen LogP contribution in [0.5, 0.6) is 11.5 Å². The Morgan fingerprint density at radius 1 is 1.06 bits per heavy atom. The molecule has 2 aromatic heterocycles. The molecule has 13 heteroatoms. The van der Waals surface area contributed by atoms with Gasteiger partial charge in [-0.3, -0.25) is 9.59 Å². The van der Waals surface area contributed by atoms with Crippen LogP contribution in [0.2, 0.25) is 0 Å². The molecule has 0 spiro atoms. The van der Waals surface area contributed by atoms with Gasteiger partial charge in [-0.15, -0.1) is 0 Å². The molecular formula is C23H16F3N3O6S. The van der Waals surface area contributed by atoms with E-state index in [9.17, 15) is 27.6 Å². The second-order valence-electron chi connectivity index (χ2n) is 7.19. The summed E-state index contributed by atoms with van der Waals surface area (Å²) in [5.74, 6) is -1.18. The number of aromatic nitrogens is 2. The summed E-state index contributed by atoms with van der Waals surface area (Å²) in [7, 11) is 0. The summed E-state index contributed by atoms with van der Waals surface area (Å²) < 4.78 is 53.4. The summed E-state index contributed by atoms with van der Waals surface area (Å²) in [6, 6.07) is 9.36. The van der Waals surface area contributed by atoms with E-state index < -0.39 is 36.0 Å². The van der Waals surface area contributed by atoms with E-state index >= 15 is 0 Å². The first-order valence-electron chi connectivity index (χ1n) is 10.2. The lowest BCUT2D eigenvalue weighted by Gasteiger charge is -2.09. The fraction of sp³-hybridized carbons (Fsp3) is 0.174. The van der Waals surface area contributed by atoms with E-state index in [4.69, 9.17) is 14.2 Å². The summed E-state index contributed by atoms with van der Waals surface area (Å²) in [5.41, 5.74) is -0.619. The summed E-state index contributed by atoms with van der Waals surface area (Å²) in [6.45, 7) is -0.472. The van der Waals surface area contributed by atoms with Crippen molar-refractivity contribution in [1.29, 1.82) is 0 Å². The van der Waals surface area contributed by atoms with Crippen molar-refractivity contribution in [2.75, 3.05) is 24.5 Å². The molecule has 1 amide bonds. The van der Waals surface area contributed by atoms with E-state index in [1.807, 2.05) is 0 Å². The second-order valence-corrected chi connectivity index (χ2v) is 8.15. The van der Waals surface area contributed by atoms with Crippen LogP contribution >= 0.6 is 11.8 Å². The van der Waals surface area contributed by atoms with E-state index in [2.05, 4.69) is 15.3 Å². The van der Waals surface area contributed by atoms with Gasteiger partial charge >= 0.3 is 12.1 Å². The predicted molar refractivity (Wildman–Crippen MR) is 120 cm³/mol. The van der Waals surface area contributed by atoms with Crippen molar-refractivity contribution in [3.8, 4) is 11.5 Å². The lowest BCUT2D eigenvalue weighted by atomic mass is 10.1. The standard InChI is InChI=1S/C23H16F3N3O6S/c24-23(25,26)14-4-6-19(28-9-14)29-20(31)11-36-21-15(2-1-7-27-21)22(32)33-10-16(30)13-3-5-17-18(8-13)35-12-34-17/h1-9H,10-12H2,(H,28,29,31). The van der Waals surface area contributed by atoms with Crippen molar-refractivity contribution in [3.63, 3.8) is 0 Å². The molecule has 3 aromatic rings. The lowest BCUT2D eigenvalue weighted by Crippen LogP contribution is -2.17. The van der Waals surface area contributed by atoms with Crippen molar-refractivity contribution in [3.05, 3.63) is 71.5 Å². The third-order valence-electron chi connectivity index (χ3n) is 4.72. The van der Waals surface area contributed by atoms with E-state index in [1.165, 1.54) is 30.5 Å². The van der Waals surface area contributed by atoms with Crippen molar-refractivity contribution in [2.45, 2.75) is 11.2 Å². The van der Waals surface area contributed by atoms with Crippen LogP contribution in [0.4, 0.5) is 19.0 Å². The summed E-state index contributed by atoms with van der Waals surface area (Å²) >= 11 is 0.907. The largest absolute Gasteiger partial charge is 0.454 e. The maximum atomic E-state index is 12.6. The number of rotatable bonds is 8. The minimum atomic E-state index is -4.54. The molecule has 3 heterocycles. The van der Waals surface area contributed by atoms with Gasteiger partial charge < -0.3 is 19.5 Å². The zero-order chi connectivity index (χ0) is 25.7. The number of anilines is 1. The molecule has 0 unspecified atom stereocenters. The number of carbonyl (C=O) groups excluding carboxylic acids is 3. The maximum Gasteiger partial charge on any atom is 0.417 e. The molecule has 1 aromatic carbocycles. The number of benzene rings is 1. The molecule has 0 fully saturated rings. The second kappa shape index (κ2) is 10.6. The molecule has 0 saturated heterocycles. The lowest BCUT2D eigenvalue weighted by molar-refractivity contribution is -0.137. The van der Waals surface area contributed by atoms with Gasteiger partial charge in [-0.2, -0.15) is 13.2 Å². The van der Waals surface area contributed by atoms with Crippen molar-refractivity contribution >= 4 is 35.2 Å². The first-order chi connectivity index (χ1) is 17.2. The number of Topliss-reactive ketones (excluding diaryl/α,β-unsaturated/α-hetero) is 1. The number of pyridine rings is 2. The van der Waals surface area contributed by atoms with Gasteiger partial charge in [0.05, 0.1) is 16.9 Å². The van der Waals surface area contributed by atoms with Crippen molar-refractivity contribution < 1.29 is 41.8 Å². The molecule has 0 saturated carbocycles. The van der Waals surface area contributed by atoms with Gasteiger partial charge in [-0.05, 0) is 42.5 Å². The van der Waals surface area contributed by atoms with Gasteiger partial charge in [-0.1, -0.05) is 11.8 Å². The van der Waals surface area contributed by atoms with Gasteiger partial charge in [0.1, 0.15) is 10.8 Å². The minimum absolute atomic E-state index is 0.0430. The summed E-state index contributed by atoms with van der Waals surface area (Å²) in [5, 5.41) is 2.54. The number of esters is 1. The van der Waals surface area contributed by atoms with Crippen molar-refractivity contribution in [2.24, 2.45) is 0 Å². The number of hydrogen-bond acceptors (Lipinski definition) is 9. The number of nitrogens with zero attached hydrogens (tertiary/aromatic N) is 2. The van der Waals surface area contributed by atoms with E-state index in [0.29, 0.717) is 17.7 Å². The first kappa shape index (κ1) is 25.0. The Morgan fingerprint density at radius 3 is 2.61 bits per heavy atom. The normalized spacial score (nSPS) is 12.2. The predicted octanol–water partition coefficient (Wildman–Crippen LogP) is 3.99. The highest BCUT2D eigenvalue weighted by atomic mass is 32.2. The van der Waals surface area contributed by atoms with E-state index in [0.717, 1.165) is 23.9 Å². The highest BCUT2D eigenvalue weighted by molar-refractivity contribution is 8.00. The first-order valence-corrected chi connectivity index (χ1v) is 11.2. The van der Waals surface area contributed by atoms with Crippen LogP contribution in [0.3, 0.4) is 0 Å². The Labute approximate surface area is 206 Å². The molecule has 1 aliphatic rings. The third-order valence-corrected chi connectivity index (χ3v) is 5.72. The van der Waals surface area contributed by atoms with Crippen LogP contribution in [0.1, 0.15) is 26.3 Å². The fourth-order valence-corrected chi connectivity index (χ4v) is 3.75. The van der Waals surface area contributed by atoms with Crippen LogP contribution < -0.4 is 14.8 Å². The molecule has 1 N–H and O–H groups in total. The van der Waals surface area contributed by atoms with Gasteiger partial charge in [0.25, 0.3) is 0 Å². The molecular weight excluding hydrogens is 503 g/mol. The van der Waals surface area contributed by atoms with Gasteiger partial charge in [0.2, 0.25) is 12.7 Å². The molecule has 36 heavy (non-hydrogen) atoms. The Balaban J connectivity index is 1.32. The van der Waals surface area contributed by atoms with Crippen LogP contribution in [0.25, 0.3) is 0 Å². The Kier molecular flexibility index (Phi) is 7.38. The molecule has 0 atom stereocenters. The highest BCUT2D eigenvalue weighted by Crippen LogP contribution is 2.32. The number of fused-ring (bicyclic) bond motifs is 1. The number of alkyl halides is 3. The van der Waals surface area contributed by atoms with E-state index in [-0.39, 0.29) is 34.5 Å². The number of carbonyl (C=O) groups is 3. The van der Waals surface area contributed by atoms with E-state index in [1.54, 1.807) is 6.07 Å². The summed E-state index contributed by atoms with van der Waals surface area (Å²) in [6.07, 6.45) is -2.52. The SMILES string of the molecule is O=C(CSc1ncccc1C(=O)OCC(=O)c1ccc2c(c1)OCO2)Nc1ccc(C(F)(F)F)cn1. The zero-order valence-electron chi connectivity index (χ0n) is 18.2. The van der Waals surface area contributed by atoms with Crippen LogP contribution in [0, 0.1) is 0 Å². The highest BCUT2D eigenvalue weighted by Gasteiger charge is 2.30. The van der Waals surface area contributed by atoms with Crippen LogP contribution in [-0.2, 0) is 15.7 Å². The number of nitrogens with one attached hydrogen (secondary N) is 1. The number of ketones is 1. The van der Waals surface area contributed by atoms with Crippen molar-refractivity contribution in [1.82, 2.24) is 9.97 Å². The Bertz CT molecular complexity index is 1300. The fourth-order valence-electron chi connectivity index (χ4n) is 2.97. The topological polar surface area (TPSA) is 117 Å². The van der Waals surface area contributed by atoms with Crippen LogP contribution in [-0.4, -0.2) is 46.8 Å². The number of amides is 1. The molecule has 0 bridgehead atoms. The Morgan fingerprint density at radius 2 is 1.86 bits per heavy atom. The van der Waals surface area contributed by atoms with Gasteiger partial charge in [0.15, 0.2) is 23.9 Å². The number of ether oxygens (including phenoxy) is 3. The molecule has 1 aliphatic heterocycles. The summed E-state index contributed by atoms with van der Waals surface area (Å²) in [4.78, 5) is 44.8. The molecule has 186 valence electrons. The minimum Gasteiger partial charge on any atom is -0.454 e.